The van der Waals surface area contributed by atoms with Crippen molar-refractivity contribution in [3.63, 3.8) is 0 Å². The molecular formula is C12H15N3OS. The highest BCUT2D eigenvalue weighted by atomic mass is 32.2. The van der Waals surface area contributed by atoms with E-state index in [1.165, 1.54) is 6.20 Å². The van der Waals surface area contributed by atoms with Gasteiger partial charge in [-0.25, -0.2) is 4.98 Å². The molecule has 0 N–H and O–H groups in total. The van der Waals surface area contributed by atoms with Gasteiger partial charge in [0.05, 0.1) is 5.56 Å². The zero-order chi connectivity index (χ0) is 12.8. The Bertz CT molecular complexity index is 424. The van der Waals surface area contributed by atoms with Crippen LogP contribution in [0.4, 0.5) is 0 Å². The highest BCUT2D eigenvalue weighted by Gasteiger charge is 2.17. The first kappa shape index (κ1) is 13.5. The lowest BCUT2D eigenvalue weighted by molar-refractivity contribution is 0.0751. The first-order valence-electron chi connectivity index (χ1n) is 5.22. The summed E-state index contributed by atoms with van der Waals surface area (Å²) in [6.07, 6.45) is 3.43. The van der Waals surface area contributed by atoms with Gasteiger partial charge in [-0.15, -0.1) is 0 Å². The molecule has 0 fully saturated rings. The average molecular weight is 249 g/mol. The molecule has 1 amide bonds. The van der Waals surface area contributed by atoms with Gasteiger partial charge < -0.3 is 4.90 Å². The first-order valence-corrected chi connectivity index (χ1v) is 6.61. The molecule has 0 aliphatic carbocycles. The SMILES string of the molecule is CSCC(C)N(C)C(=O)c1ccc(C#N)cn1. The van der Waals surface area contributed by atoms with Crippen LogP contribution < -0.4 is 0 Å². The van der Waals surface area contributed by atoms with Gasteiger partial charge in [0.1, 0.15) is 11.8 Å². The number of carbonyl (C=O) groups excluding carboxylic acids is 1. The average Bonchev–Trinajstić information content (AvgIpc) is 2.37. The number of nitrogens with zero attached hydrogens (tertiary/aromatic N) is 3. The number of hydrogen-bond acceptors (Lipinski definition) is 4. The Labute approximate surface area is 106 Å². The van der Waals surface area contributed by atoms with Crippen LogP contribution in [0.1, 0.15) is 23.0 Å². The maximum Gasteiger partial charge on any atom is 0.272 e. The molecule has 0 aromatic carbocycles. The smallest absolute Gasteiger partial charge is 0.272 e. The number of nitriles is 1. The number of hydrogen-bond donors (Lipinski definition) is 0. The van der Waals surface area contributed by atoms with Crippen molar-refractivity contribution in [3.05, 3.63) is 29.6 Å². The second-order valence-corrected chi connectivity index (χ2v) is 4.68. The zero-order valence-corrected chi connectivity index (χ0v) is 11.0. The largest absolute Gasteiger partial charge is 0.337 e. The van der Waals surface area contributed by atoms with Crippen LogP contribution in [0.3, 0.4) is 0 Å². The molecule has 5 heteroatoms. The normalized spacial score (nSPS) is 11.6. The van der Waals surface area contributed by atoms with Crippen LogP contribution in [0.5, 0.6) is 0 Å². The summed E-state index contributed by atoms with van der Waals surface area (Å²) in [5, 5.41) is 8.65. The van der Waals surface area contributed by atoms with E-state index in [-0.39, 0.29) is 11.9 Å². The zero-order valence-electron chi connectivity index (χ0n) is 10.2. The van der Waals surface area contributed by atoms with E-state index in [9.17, 15) is 4.79 Å². The first-order chi connectivity index (χ1) is 8.10. The fourth-order valence-electron chi connectivity index (χ4n) is 1.32. The minimum absolute atomic E-state index is 0.115. The molecule has 4 nitrogen and oxygen atoms in total. The monoisotopic (exact) mass is 249 g/mol. The summed E-state index contributed by atoms with van der Waals surface area (Å²) in [4.78, 5) is 17.7. The van der Waals surface area contributed by atoms with Crippen molar-refractivity contribution in [3.8, 4) is 6.07 Å². The summed E-state index contributed by atoms with van der Waals surface area (Å²) in [6.45, 7) is 2.00. The van der Waals surface area contributed by atoms with E-state index in [2.05, 4.69) is 4.98 Å². The van der Waals surface area contributed by atoms with E-state index >= 15 is 0 Å². The summed E-state index contributed by atoms with van der Waals surface area (Å²) in [7, 11) is 1.77. The van der Waals surface area contributed by atoms with Crippen LogP contribution in [-0.2, 0) is 0 Å². The second-order valence-electron chi connectivity index (χ2n) is 3.76. The topological polar surface area (TPSA) is 57.0 Å². The van der Waals surface area contributed by atoms with Gasteiger partial charge in [0.25, 0.3) is 5.91 Å². The van der Waals surface area contributed by atoms with Gasteiger partial charge in [0.15, 0.2) is 0 Å². The number of carbonyl (C=O) groups is 1. The van der Waals surface area contributed by atoms with Gasteiger partial charge in [-0.05, 0) is 25.3 Å². The summed E-state index contributed by atoms with van der Waals surface area (Å²) >= 11 is 1.70. The minimum atomic E-state index is -0.115. The van der Waals surface area contributed by atoms with Crippen LogP contribution in [0, 0.1) is 11.3 Å². The molecule has 1 rings (SSSR count). The summed E-state index contributed by atoms with van der Waals surface area (Å²) in [5.41, 5.74) is 0.834. The highest BCUT2D eigenvalue weighted by molar-refractivity contribution is 7.98. The molecule has 1 atom stereocenters. The molecule has 1 aromatic heterocycles. The molecule has 1 unspecified atom stereocenters. The second kappa shape index (κ2) is 6.26. The van der Waals surface area contributed by atoms with Crippen LogP contribution in [0.15, 0.2) is 18.3 Å². The Hall–Kier alpha value is -1.54. The molecule has 0 aliphatic heterocycles. The lowest BCUT2D eigenvalue weighted by Crippen LogP contribution is -2.37. The molecule has 0 spiro atoms. The van der Waals surface area contributed by atoms with Gasteiger partial charge in [0.2, 0.25) is 0 Å². The van der Waals surface area contributed by atoms with Crippen molar-refractivity contribution in [1.29, 1.82) is 5.26 Å². The fourth-order valence-corrected chi connectivity index (χ4v) is 2.03. The number of aromatic nitrogens is 1. The lowest BCUT2D eigenvalue weighted by Gasteiger charge is -2.23. The Balaban J connectivity index is 2.78. The van der Waals surface area contributed by atoms with Crippen molar-refractivity contribution in [2.45, 2.75) is 13.0 Å². The van der Waals surface area contributed by atoms with Crippen LogP contribution in [0.2, 0.25) is 0 Å². The van der Waals surface area contributed by atoms with E-state index in [0.717, 1.165) is 5.75 Å². The van der Waals surface area contributed by atoms with E-state index in [1.807, 2.05) is 19.2 Å². The molecule has 0 bridgehead atoms. The molecule has 90 valence electrons. The molecule has 1 aromatic rings. The number of rotatable bonds is 4. The van der Waals surface area contributed by atoms with Gasteiger partial charge in [0, 0.05) is 25.0 Å². The van der Waals surface area contributed by atoms with Crippen LogP contribution in [-0.4, -0.2) is 40.9 Å². The highest BCUT2D eigenvalue weighted by Crippen LogP contribution is 2.08. The Kier molecular flexibility index (Phi) is 4.98. The van der Waals surface area contributed by atoms with Crippen molar-refractivity contribution in [1.82, 2.24) is 9.88 Å². The van der Waals surface area contributed by atoms with E-state index in [4.69, 9.17) is 5.26 Å². The maximum atomic E-state index is 12.0. The van der Waals surface area contributed by atoms with Gasteiger partial charge in [-0.1, -0.05) is 0 Å². The minimum Gasteiger partial charge on any atom is -0.337 e. The van der Waals surface area contributed by atoms with Crippen molar-refractivity contribution in [2.24, 2.45) is 0 Å². The summed E-state index contributed by atoms with van der Waals surface area (Å²) in [5.74, 6) is 0.773. The molecular weight excluding hydrogens is 234 g/mol. The van der Waals surface area contributed by atoms with Gasteiger partial charge in [-0.2, -0.15) is 17.0 Å². The van der Waals surface area contributed by atoms with Crippen LogP contribution >= 0.6 is 11.8 Å². The predicted octanol–water partition coefficient (Wildman–Crippen LogP) is 1.78. The van der Waals surface area contributed by atoms with E-state index < -0.39 is 0 Å². The summed E-state index contributed by atoms with van der Waals surface area (Å²) in [6, 6.07) is 5.33. The number of pyridine rings is 1. The van der Waals surface area contributed by atoms with Gasteiger partial charge in [-0.3, -0.25) is 4.79 Å². The Morgan fingerprint density at radius 3 is 2.82 bits per heavy atom. The van der Waals surface area contributed by atoms with Crippen molar-refractivity contribution < 1.29 is 4.79 Å². The number of thioether (sulfide) groups is 1. The maximum absolute atomic E-state index is 12.0. The van der Waals surface area contributed by atoms with E-state index in [1.54, 1.807) is 35.8 Å². The molecule has 0 saturated carbocycles. The third-order valence-corrected chi connectivity index (χ3v) is 3.32. The van der Waals surface area contributed by atoms with Gasteiger partial charge >= 0.3 is 0 Å². The number of amides is 1. The third-order valence-electron chi connectivity index (χ3n) is 2.50. The standard InChI is InChI=1S/C12H15N3OS/c1-9(8-17-3)15(2)12(16)11-5-4-10(6-13)7-14-11/h4-5,7,9H,8H2,1-3H3. The quantitative estimate of drug-likeness (QED) is 0.816. The summed E-state index contributed by atoms with van der Waals surface area (Å²) < 4.78 is 0. The predicted molar refractivity (Wildman–Crippen MR) is 68.9 cm³/mol. The molecule has 0 radical (unpaired) electrons. The molecule has 0 aliphatic rings. The van der Waals surface area contributed by atoms with Crippen molar-refractivity contribution in [2.75, 3.05) is 19.1 Å². The fraction of sp³-hybridized carbons (Fsp3) is 0.417. The molecule has 1 heterocycles. The molecule has 0 saturated heterocycles. The molecule has 17 heavy (non-hydrogen) atoms. The van der Waals surface area contributed by atoms with Crippen LogP contribution in [0.25, 0.3) is 0 Å². The third kappa shape index (κ3) is 3.46. The van der Waals surface area contributed by atoms with E-state index in [0.29, 0.717) is 11.3 Å². The van der Waals surface area contributed by atoms with Crippen molar-refractivity contribution >= 4 is 17.7 Å². The Morgan fingerprint density at radius 1 is 1.65 bits per heavy atom. The Morgan fingerprint density at radius 2 is 2.35 bits per heavy atom. The lowest BCUT2D eigenvalue weighted by atomic mass is 10.2.